The van der Waals surface area contributed by atoms with Crippen molar-refractivity contribution in [2.24, 2.45) is 0 Å². The molecule has 8 heteroatoms. The van der Waals surface area contributed by atoms with Crippen LogP contribution < -0.4 is 5.32 Å². The summed E-state index contributed by atoms with van der Waals surface area (Å²) in [7, 11) is 0. The maximum absolute atomic E-state index is 11.9. The molecule has 0 bridgehead atoms. The van der Waals surface area contributed by atoms with Gasteiger partial charge in [-0.15, -0.1) is 0 Å². The number of aliphatic hydroxyl groups excluding tert-OH is 1. The number of aliphatic hydroxyl groups is 1. The first-order valence-corrected chi connectivity index (χ1v) is 4.31. The molecule has 1 heterocycles. The average Bonchev–Trinajstić information content (AvgIpc) is 2.26. The van der Waals surface area contributed by atoms with E-state index in [9.17, 15) is 18.9 Å². The molecule has 16 heavy (non-hydrogen) atoms. The van der Waals surface area contributed by atoms with Gasteiger partial charge in [0, 0.05) is 18.8 Å². The predicted molar refractivity (Wildman–Crippen MR) is 51.4 cm³/mol. The number of hydrogen-bond acceptors (Lipinski definition) is 5. The van der Waals surface area contributed by atoms with E-state index in [0.717, 1.165) is 6.07 Å². The number of nitrogens with one attached hydrogen (secondary N) is 1. The molecular formula is C8H9F2N3O3. The van der Waals surface area contributed by atoms with Gasteiger partial charge < -0.3 is 10.4 Å². The third-order valence-corrected chi connectivity index (χ3v) is 1.74. The normalized spacial score (nSPS) is 12.5. The Bertz CT molecular complexity index is 375. The highest BCUT2D eigenvalue weighted by Crippen LogP contribution is 2.14. The van der Waals surface area contributed by atoms with Crippen molar-refractivity contribution < 1.29 is 18.8 Å². The zero-order chi connectivity index (χ0) is 12.1. The summed E-state index contributed by atoms with van der Waals surface area (Å²) in [5.41, 5.74) is -0.205. The fraction of sp³-hybridized carbons (Fsp3) is 0.375. The lowest BCUT2D eigenvalue weighted by molar-refractivity contribution is -0.384. The largest absolute Gasteiger partial charge is 0.385 e. The lowest BCUT2D eigenvalue weighted by Crippen LogP contribution is -2.27. The summed E-state index contributed by atoms with van der Waals surface area (Å²) in [4.78, 5) is 13.4. The van der Waals surface area contributed by atoms with Crippen molar-refractivity contribution in [3.8, 4) is 0 Å². The summed E-state index contributed by atoms with van der Waals surface area (Å²) in [5.74, 6) is 0.0638. The van der Waals surface area contributed by atoms with Gasteiger partial charge in [0.2, 0.25) is 0 Å². The van der Waals surface area contributed by atoms with Crippen molar-refractivity contribution in [1.29, 1.82) is 0 Å². The Balaban J connectivity index is 2.61. The number of nitrogens with zero attached hydrogens (tertiary/aromatic N) is 2. The first-order chi connectivity index (χ1) is 7.50. The standard InChI is InChI=1S/C8H9F2N3O3/c9-8(10)6(14)4-12-7-3-5(13(15)16)1-2-11-7/h1-3,6,8,14H,4H2,(H,11,12). The Hall–Kier alpha value is -1.83. The topological polar surface area (TPSA) is 88.3 Å². The van der Waals surface area contributed by atoms with Gasteiger partial charge in [-0.2, -0.15) is 0 Å². The minimum Gasteiger partial charge on any atom is -0.385 e. The minimum atomic E-state index is -2.87. The van der Waals surface area contributed by atoms with Crippen LogP contribution in [-0.2, 0) is 0 Å². The van der Waals surface area contributed by atoms with Crippen LogP contribution in [0.2, 0.25) is 0 Å². The number of hydrogen-bond donors (Lipinski definition) is 2. The molecule has 0 aliphatic carbocycles. The molecule has 0 saturated heterocycles. The molecule has 0 amide bonds. The molecular weight excluding hydrogens is 224 g/mol. The van der Waals surface area contributed by atoms with E-state index in [2.05, 4.69) is 10.3 Å². The van der Waals surface area contributed by atoms with Crippen LogP contribution in [0, 0.1) is 10.1 Å². The lowest BCUT2D eigenvalue weighted by Gasteiger charge is -2.10. The zero-order valence-corrected chi connectivity index (χ0v) is 8.01. The summed E-state index contributed by atoms with van der Waals surface area (Å²) in [5, 5.41) is 21.5. The fourth-order valence-corrected chi connectivity index (χ4v) is 0.928. The lowest BCUT2D eigenvalue weighted by atomic mass is 10.3. The number of rotatable bonds is 5. The van der Waals surface area contributed by atoms with Crippen molar-refractivity contribution in [3.63, 3.8) is 0 Å². The third kappa shape index (κ3) is 3.39. The molecule has 0 aliphatic heterocycles. The monoisotopic (exact) mass is 233 g/mol. The molecule has 0 spiro atoms. The molecule has 0 aromatic carbocycles. The van der Waals surface area contributed by atoms with E-state index >= 15 is 0 Å². The molecule has 1 unspecified atom stereocenters. The first-order valence-electron chi connectivity index (χ1n) is 4.31. The van der Waals surface area contributed by atoms with Gasteiger partial charge in [0.25, 0.3) is 12.1 Å². The minimum absolute atomic E-state index is 0.0638. The molecule has 0 saturated carbocycles. The van der Waals surface area contributed by atoms with Crippen molar-refractivity contribution >= 4 is 11.5 Å². The van der Waals surface area contributed by atoms with E-state index in [1.54, 1.807) is 0 Å². The van der Waals surface area contributed by atoms with Crippen molar-refractivity contribution in [3.05, 3.63) is 28.4 Å². The van der Waals surface area contributed by atoms with Crippen LogP contribution in [0.4, 0.5) is 20.3 Å². The Morgan fingerprint density at radius 1 is 1.62 bits per heavy atom. The SMILES string of the molecule is O=[N+]([O-])c1ccnc(NCC(O)C(F)F)c1. The van der Waals surface area contributed by atoms with Crippen molar-refractivity contribution in [2.45, 2.75) is 12.5 Å². The number of alkyl halides is 2. The van der Waals surface area contributed by atoms with Crippen LogP contribution in [0.15, 0.2) is 18.3 Å². The molecule has 0 aliphatic rings. The molecule has 88 valence electrons. The molecule has 1 atom stereocenters. The molecule has 6 nitrogen and oxygen atoms in total. The van der Waals surface area contributed by atoms with Gasteiger partial charge in [0.05, 0.1) is 11.0 Å². The van der Waals surface area contributed by atoms with Crippen molar-refractivity contribution in [2.75, 3.05) is 11.9 Å². The fourth-order valence-electron chi connectivity index (χ4n) is 0.928. The summed E-state index contributed by atoms with van der Waals surface area (Å²) >= 11 is 0. The van der Waals surface area contributed by atoms with E-state index in [-0.39, 0.29) is 11.5 Å². The number of halogens is 2. The van der Waals surface area contributed by atoms with Crippen LogP contribution in [-0.4, -0.2) is 34.1 Å². The maximum atomic E-state index is 11.9. The Labute approximate surface area is 89.1 Å². The molecule has 1 aromatic heterocycles. The number of anilines is 1. The van der Waals surface area contributed by atoms with E-state index < -0.39 is 24.0 Å². The highest BCUT2D eigenvalue weighted by Gasteiger charge is 2.16. The second kappa shape index (κ2) is 5.31. The van der Waals surface area contributed by atoms with Crippen molar-refractivity contribution in [1.82, 2.24) is 4.98 Å². The van der Waals surface area contributed by atoms with E-state index in [1.807, 2.05) is 0 Å². The Morgan fingerprint density at radius 3 is 2.88 bits per heavy atom. The second-order valence-electron chi connectivity index (χ2n) is 2.94. The number of pyridine rings is 1. The number of nitro groups is 1. The average molecular weight is 233 g/mol. The van der Waals surface area contributed by atoms with Gasteiger partial charge in [0.1, 0.15) is 11.9 Å². The molecule has 1 aromatic rings. The van der Waals surface area contributed by atoms with Gasteiger partial charge in [-0.3, -0.25) is 10.1 Å². The summed E-state index contributed by atoms with van der Waals surface area (Å²) in [6.07, 6.45) is -3.53. The highest BCUT2D eigenvalue weighted by atomic mass is 19.3. The summed E-state index contributed by atoms with van der Waals surface area (Å²) < 4.78 is 23.8. The van der Waals surface area contributed by atoms with Crippen LogP contribution >= 0.6 is 0 Å². The second-order valence-corrected chi connectivity index (χ2v) is 2.94. The molecule has 1 rings (SSSR count). The smallest absolute Gasteiger partial charge is 0.274 e. The van der Waals surface area contributed by atoms with Crippen LogP contribution in [0.25, 0.3) is 0 Å². The predicted octanol–water partition coefficient (Wildman–Crippen LogP) is 1.03. The molecule has 0 fully saturated rings. The van der Waals surface area contributed by atoms with Gasteiger partial charge in [-0.25, -0.2) is 13.8 Å². The Kier molecular flexibility index (Phi) is 4.06. The van der Waals surface area contributed by atoms with Gasteiger partial charge in [0.15, 0.2) is 0 Å². The van der Waals surface area contributed by atoms with Crippen LogP contribution in [0.1, 0.15) is 0 Å². The Morgan fingerprint density at radius 2 is 2.31 bits per heavy atom. The summed E-state index contributed by atoms with van der Waals surface area (Å²) in [6.45, 7) is -0.425. The van der Waals surface area contributed by atoms with Gasteiger partial charge in [-0.05, 0) is 0 Å². The van der Waals surface area contributed by atoms with Gasteiger partial charge >= 0.3 is 0 Å². The first kappa shape index (κ1) is 12.2. The maximum Gasteiger partial charge on any atom is 0.274 e. The highest BCUT2D eigenvalue weighted by molar-refractivity contribution is 5.44. The van der Waals surface area contributed by atoms with E-state index in [0.29, 0.717) is 0 Å². The van der Waals surface area contributed by atoms with Crippen LogP contribution in [0.5, 0.6) is 0 Å². The summed E-state index contributed by atoms with van der Waals surface area (Å²) in [6, 6.07) is 2.27. The molecule has 2 N–H and O–H groups in total. The molecule has 0 radical (unpaired) electrons. The third-order valence-electron chi connectivity index (χ3n) is 1.74. The zero-order valence-electron chi connectivity index (χ0n) is 8.01. The van der Waals surface area contributed by atoms with Crippen LogP contribution in [0.3, 0.4) is 0 Å². The number of aromatic nitrogens is 1. The van der Waals surface area contributed by atoms with Gasteiger partial charge in [-0.1, -0.05) is 0 Å². The quantitative estimate of drug-likeness (QED) is 0.585. The van der Waals surface area contributed by atoms with E-state index in [1.165, 1.54) is 12.3 Å². The van der Waals surface area contributed by atoms with E-state index in [4.69, 9.17) is 5.11 Å².